The number of nitrogens with zero attached hydrogens (tertiary/aromatic N) is 5. The van der Waals surface area contributed by atoms with Gasteiger partial charge in [-0.2, -0.15) is 5.26 Å². The molecule has 5 nitrogen and oxygen atoms in total. The molecule has 5 heteroatoms. The van der Waals surface area contributed by atoms with E-state index in [4.69, 9.17) is 19.9 Å². The second kappa shape index (κ2) is 13.4. The molecule has 1 atom stereocenters. The molecule has 0 N–H and O–H groups in total. The van der Waals surface area contributed by atoms with Crippen LogP contribution in [0.3, 0.4) is 0 Å². The summed E-state index contributed by atoms with van der Waals surface area (Å²) in [4.78, 5) is 20.1. The standard InChI is InChI=1S/C47H31N5/c48-30-37-22-13-25-38(33-18-11-20-35(28-33)44-39-23-7-9-26-41(39)49-46(51-44)31-14-3-1-4-15-31)43(37)34-19-12-21-36(29-34)45-40-24-8-10-27-42(40)50-47(52-45)32-16-5-2-6-17-32/h1-18,20-29,34H,19H2. The molecule has 2 aromatic heterocycles. The van der Waals surface area contributed by atoms with Gasteiger partial charge < -0.3 is 0 Å². The number of hydrogen-bond acceptors (Lipinski definition) is 5. The fraction of sp³-hybridized carbons (Fsp3) is 0.0426. The molecule has 0 saturated heterocycles. The van der Waals surface area contributed by atoms with Crippen LogP contribution in [-0.2, 0) is 0 Å². The Hall–Kier alpha value is -7.03. The third kappa shape index (κ3) is 5.73. The first kappa shape index (κ1) is 31.0. The monoisotopic (exact) mass is 665 g/mol. The van der Waals surface area contributed by atoms with E-state index in [2.05, 4.69) is 66.8 Å². The van der Waals surface area contributed by atoms with Crippen LogP contribution in [0.15, 0.2) is 170 Å². The Labute approximate surface area is 302 Å². The van der Waals surface area contributed by atoms with E-state index in [0.29, 0.717) is 17.2 Å². The predicted molar refractivity (Wildman–Crippen MR) is 210 cm³/mol. The largest absolute Gasteiger partial charge is 0.228 e. The van der Waals surface area contributed by atoms with Crippen LogP contribution in [0, 0.1) is 11.3 Å². The summed E-state index contributed by atoms with van der Waals surface area (Å²) in [5.41, 5.74) is 11.2. The maximum absolute atomic E-state index is 10.5. The molecule has 0 saturated carbocycles. The van der Waals surface area contributed by atoms with Gasteiger partial charge in [0.2, 0.25) is 0 Å². The van der Waals surface area contributed by atoms with E-state index in [9.17, 15) is 5.26 Å². The maximum atomic E-state index is 10.5. The van der Waals surface area contributed by atoms with Crippen LogP contribution >= 0.6 is 0 Å². The van der Waals surface area contributed by atoms with Crippen molar-refractivity contribution in [1.29, 1.82) is 5.26 Å². The Morgan fingerprint density at radius 2 is 1.08 bits per heavy atom. The summed E-state index contributed by atoms with van der Waals surface area (Å²) in [5, 5.41) is 12.5. The van der Waals surface area contributed by atoms with Gasteiger partial charge in [0.15, 0.2) is 11.6 Å². The van der Waals surface area contributed by atoms with Crippen molar-refractivity contribution in [3.05, 3.63) is 187 Å². The minimum Gasteiger partial charge on any atom is -0.228 e. The Balaban J connectivity index is 1.17. The summed E-state index contributed by atoms with van der Waals surface area (Å²) in [6, 6.07) is 53.5. The zero-order valence-corrected chi connectivity index (χ0v) is 28.2. The smallest absolute Gasteiger partial charge is 0.160 e. The number of nitriles is 1. The first-order valence-corrected chi connectivity index (χ1v) is 17.4. The van der Waals surface area contributed by atoms with Crippen molar-refractivity contribution < 1.29 is 0 Å². The van der Waals surface area contributed by atoms with Gasteiger partial charge in [0.05, 0.1) is 34.1 Å². The fourth-order valence-corrected chi connectivity index (χ4v) is 7.21. The minimum absolute atomic E-state index is 0.0482. The molecule has 0 amide bonds. The van der Waals surface area contributed by atoms with E-state index in [1.807, 2.05) is 109 Å². The van der Waals surface area contributed by atoms with Crippen LogP contribution in [0.4, 0.5) is 0 Å². The Bertz CT molecular complexity index is 2730. The van der Waals surface area contributed by atoms with E-state index in [1.54, 1.807) is 0 Å². The van der Waals surface area contributed by atoms with E-state index in [1.165, 1.54) is 0 Å². The van der Waals surface area contributed by atoms with Gasteiger partial charge in [-0.15, -0.1) is 0 Å². The fourth-order valence-electron chi connectivity index (χ4n) is 7.21. The van der Waals surface area contributed by atoms with Gasteiger partial charge in [-0.05, 0) is 52.9 Å². The third-order valence-corrected chi connectivity index (χ3v) is 9.66. The summed E-state index contributed by atoms with van der Waals surface area (Å²) in [6.07, 6.45) is 7.39. The highest BCUT2D eigenvalue weighted by Crippen LogP contribution is 2.41. The molecule has 1 aliphatic rings. The molecule has 0 radical (unpaired) electrons. The van der Waals surface area contributed by atoms with Gasteiger partial charge in [-0.1, -0.05) is 146 Å². The van der Waals surface area contributed by atoms with Crippen LogP contribution in [0.25, 0.3) is 72.5 Å². The van der Waals surface area contributed by atoms with E-state index in [0.717, 1.165) is 78.6 Å². The first-order valence-electron chi connectivity index (χ1n) is 17.4. The topological polar surface area (TPSA) is 75.3 Å². The summed E-state index contributed by atoms with van der Waals surface area (Å²) in [6.45, 7) is 0. The lowest BCUT2D eigenvalue weighted by Crippen LogP contribution is -2.06. The van der Waals surface area contributed by atoms with Crippen LogP contribution in [0.1, 0.15) is 29.2 Å². The number of benzene rings is 6. The third-order valence-electron chi connectivity index (χ3n) is 9.66. The molecule has 0 fully saturated rings. The maximum Gasteiger partial charge on any atom is 0.160 e. The SMILES string of the molecule is N#Cc1cccc(-c2cccc(-c3nc(-c4ccccc4)nc4ccccc34)c2)c1C1C=C(c2nc(-c3ccccc3)nc3ccccc23)C=CC1. The first-order chi connectivity index (χ1) is 25.7. The number of hydrogen-bond donors (Lipinski definition) is 0. The highest BCUT2D eigenvalue weighted by atomic mass is 14.9. The van der Waals surface area contributed by atoms with Crippen molar-refractivity contribution in [3.63, 3.8) is 0 Å². The second-order valence-corrected chi connectivity index (χ2v) is 12.9. The number of para-hydroxylation sites is 2. The van der Waals surface area contributed by atoms with Crippen molar-refractivity contribution in [2.75, 3.05) is 0 Å². The van der Waals surface area contributed by atoms with E-state index >= 15 is 0 Å². The summed E-state index contributed by atoms with van der Waals surface area (Å²) in [5.74, 6) is 1.33. The second-order valence-electron chi connectivity index (χ2n) is 12.9. The van der Waals surface area contributed by atoms with Crippen LogP contribution in [0.5, 0.6) is 0 Å². The number of aromatic nitrogens is 4. The molecular formula is C47H31N5. The van der Waals surface area contributed by atoms with Crippen molar-refractivity contribution in [2.45, 2.75) is 12.3 Å². The molecule has 6 aromatic carbocycles. The molecule has 0 bridgehead atoms. The lowest BCUT2D eigenvalue weighted by molar-refractivity contribution is 0.855. The van der Waals surface area contributed by atoms with Crippen LogP contribution < -0.4 is 0 Å². The molecule has 8 aromatic rings. The van der Waals surface area contributed by atoms with Crippen molar-refractivity contribution in [3.8, 4) is 51.2 Å². The van der Waals surface area contributed by atoms with Gasteiger partial charge in [-0.3, -0.25) is 0 Å². The molecule has 244 valence electrons. The summed E-state index contributed by atoms with van der Waals surface area (Å²) >= 11 is 0. The number of rotatable bonds is 6. The quantitative estimate of drug-likeness (QED) is 0.177. The summed E-state index contributed by atoms with van der Waals surface area (Å²) in [7, 11) is 0. The van der Waals surface area contributed by atoms with Gasteiger partial charge in [-0.25, -0.2) is 19.9 Å². The van der Waals surface area contributed by atoms with Gasteiger partial charge in [0, 0.05) is 33.4 Å². The Morgan fingerprint density at radius 3 is 1.75 bits per heavy atom. The van der Waals surface area contributed by atoms with Crippen LogP contribution in [0.2, 0.25) is 0 Å². The minimum atomic E-state index is -0.0482. The Kier molecular flexibility index (Phi) is 7.96. The Morgan fingerprint density at radius 1 is 0.519 bits per heavy atom. The van der Waals surface area contributed by atoms with Crippen molar-refractivity contribution >= 4 is 27.4 Å². The van der Waals surface area contributed by atoms with Crippen molar-refractivity contribution in [1.82, 2.24) is 19.9 Å². The zero-order valence-electron chi connectivity index (χ0n) is 28.2. The highest BCUT2D eigenvalue weighted by Gasteiger charge is 2.23. The van der Waals surface area contributed by atoms with Gasteiger partial charge in [0.25, 0.3) is 0 Å². The number of allylic oxidation sites excluding steroid dienone is 4. The zero-order chi connectivity index (χ0) is 34.9. The molecule has 52 heavy (non-hydrogen) atoms. The lowest BCUT2D eigenvalue weighted by Gasteiger charge is -2.22. The molecule has 1 aliphatic carbocycles. The number of fused-ring (bicyclic) bond motifs is 2. The molecule has 2 heterocycles. The molecule has 0 aliphatic heterocycles. The normalized spacial score (nSPS) is 13.9. The average molecular weight is 666 g/mol. The lowest BCUT2D eigenvalue weighted by atomic mass is 9.81. The molecule has 1 unspecified atom stereocenters. The predicted octanol–water partition coefficient (Wildman–Crippen LogP) is 11.2. The molecular weight excluding hydrogens is 635 g/mol. The highest BCUT2D eigenvalue weighted by molar-refractivity contribution is 5.96. The van der Waals surface area contributed by atoms with E-state index < -0.39 is 0 Å². The van der Waals surface area contributed by atoms with E-state index in [-0.39, 0.29) is 5.92 Å². The van der Waals surface area contributed by atoms with Crippen LogP contribution in [-0.4, -0.2) is 19.9 Å². The van der Waals surface area contributed by atoms with Crippen molar-refractivity contribution in [2.24, 2.45) is 0 Å². The van der Waals surface area contributed by atoms with Gasteiger partial charge >= 0.3 is 0 Å². The molecule has 0 spiro atoms. The molecule has 9 rings (SSSR count). The average Bonchev–Trinajstić information content (AvgIpc) is 3.23. The summed E-state index contributed by atoms with van der Waals surface area (Å²) < 4.78 is 0. The van der Waals surface area contributed by atoms with Gasteiger partial charge in [0.1, 0.15) is 0 Å².